The smallest absolute Gasteiger partial charge is 0.261 e. The molecular formula is C46H42N6O8. The Bertz CT molecular complexity index is 2420. The Morgan fingerprint density at radius 2 is 0.483 bits per heavy atom. The van der Waals surface area contributed by atoms with Crippen LogP contribution >= 0.6 is 0 Å². The van der Waals surface area contributed by atoms with Crippen LogP contribution in [0.15, 0.2) is 48.5 Å². The number of nitrogens with two attached hydrogens (primary N) is 2. The van der Waals surface area contributed by atoms with Crippen LogP contribution in [0.4, 0.5) is 0 Å². The summed E-state index contributed by atoms with van der Waals surface area (Å²) in [6.45, 7) is 0. The summed E-state index contributed by atoms with van der Waals surface area (Å²) in [4.78, 5) is 120. The molecule has 2 unspecified atom stereocenters. The van der Waals surface area contributed by atoms with Crippen molar-refractivity contribution in [2.75, 3.05) is 0 Å². The fraction of sp³-hybridized carbons (Fsp3) is 0.391. The summed E-state index contributed by atoms with van der Waals surface area (Å²) < 4.78 is 0. The van der Waals surface area contributed by atoms with Crippen LogP contribution in [0.3, 0.4) is 0 Å². The number of imide groups is 4. The Labute approximate surface area is 343 Å². The Kier molecular flexibility index (Phi) is 8.12. The van der Waals surface area contributed by atoms with E-state index in [4.69, 9.17) is 11.5 Å². The second kappa shape index (κ2) is 13.2. The first-order chi connectivity index (χ1) is 29.0. The summed E-state index contributed by atoms with van der Waals surface area (Å²) in [5.74, 6) is -4.57. The molecule has 0 bridgehead atoms. The molecule has 4 aromatic carbocycles. The van der Waals surface area contributed by atoms with Gasteiger partial charge in [-0.15, -0.1) is 0 Å². The third-order valence-electron chi connectivity index (χ3n) is 14.5. The molecule has 3 aliphatic carbocycles. The lowest BCUT2D eigenvalue weighted by atomic mass is 9.80. The minimum absolute atomic E-state index is 0.149. The first kappa shape index (κ1) is 36.9. The monoisotopic (exact) mass is 806 g/mol. The topological polar surface area (TPSA) is 202 Å². The zero-order valence-electron chi connectivity index (χ0n) is 32.8. The summed E-state index contributed by atoms with van der Waals surface area (Å²) in [7, 11) is 0. The number of carbonyl (C=O) groups is 8. The van der Waals surface area contributed by atoms with Crippen LogP contribution in [-0.2, 0) is 0 Å². The van der Waals surface area contributed by atoms with E-state index in [-0.39, 0.29) is 78.1 Å². The van der Waals surface area contributed by atoms with E-state index < -0.39 is 71.4 Å². The summed E-state index contributed by atoms with van der Waals surface area (Å²) in [5, 5.41) is 1.01. The normalized spacial score (nSPS) is 27.8. The van der Waals surface area contributed by atoms with E-state index in [1.54, 1.807) is 0 Å². The van der Waals surface area contributed by atoms with Crippen molar-refractivity contribution in [1.82, 2.24) is 19.6 Å². The van der Waals surface area contributed by atoms with Crippen molar-refractivity contribution in [3.05, 3.63) is 93.0 Å². The lowest BCUT2D eigenvalue weighted by Gasteiger charge is -2.45. The van der Waals surface area contributed by atoms with Gasteiger partial charge in [0.1, 0.15) is 0 Å². The molecule has 0 saturated heterocycles. The number of carbonyl (C=O) groups excluding carboxylic acids is 8. The minimum Gasteiger partial charge on any atom is -0.326 e. The van der Waals surface area contributed by atoms with Crippen LogP contribution in [0, 0.1) is 0 Å². The van der Waals surface area contributed by atoms with E-state index in [9.17, 15) is 38.4 Å². The van der Waals surface area contributed by atoms with Crippen molar-refractivity contribution in [2.45, 2.75) is 113 Å². The number of amides is 8. The molecule has 3 saturated carbocycles. The van der Waals surface area contributed by atoms with Crippen molar-refractivity contribution in [3.63, 3.8) is 0 Å². The fourth-order valence-corrected chi connectivity index (χ4v) is 11.6. The molecule has 8 amide bonds. The van der Waals surface area contributed by atoms with Crippen molar-refractivity contribution < 1.29 is 38.4 Å². The lowest BCUT2D eigenvalue weighted by molar-refractivity contribution is 0.0241. The maximum absolute atomic E-state index is 14.7. The molecule has 6 atom stereocenters. The maximum Gasteiger partial charge on any atom is 0.261 e. The molecule has 14 heteroatoms. The van der Waals surface area contributed by atoms with Gasteiger partial charge in [-0.1, -0.05) is 38.5 Å². The van der Waals surface area contributed by atoms with Crippen molar-refractivity contribution in [2.24, 2.45) is 11.5 Å². The highest BCUT2D eigenvalue weighted by Gasteiger charge is 2.51. The Morgan fingerprint density at radius 1 is 0.300 bits per heavy atom. The molecule has 4 aromatic rings. The largest absolute Gasteiger partial charge is 0.326 e. The SMILES string of the molecule is N[C@@H]1CCCCC1N1C(=O)c2ccc3c4c(ccc(c24)C1=O)C(=O)N([C@@H]1CCCCC1N1C(=O)c2ccc4c5c(ccc(c25)C1=O)C(=O)N([C@@H]1CCCC[C@H]1N)C4=O)C3=O. The Hall–Kier alpha value is -6.12. The van der Waals surface area contributed by atoms with Crippen molar-refractivity contribution >= 4 is 68.8 Å². The summed E-state index contributed by atoms with van der Waals surface area (Å²) >= 11 is 0. The highest BCUT2D eigenvalue weighted by molar-refractivity contribution is 6.35. The van der Waals surface area contributed by atoms with Gasteiger partial charge in [-0.3, -0.25) is 58.0 Å². The quantitative estimate of drug-likeness (QED) is 0.267. The molecule has 0 spiro atoms. The second-order valence-electron chi connectivity index (χ2n) is 17.5. The molecule has 4 aliphatic heterocycles. The number of benzene rings is 4. The zero-order valence-corrected chi connectivity index (χ0v) is 32.8. The van der Waals surface area contributed by atoms with E-state index in [0.717, 1.165) is 35.5 Å². The highest BCUT2D eigenvalue weighted by Crippen LogP contribution is 2.44. The third kappa shape index (κ3) is 4.82. The van der Waals surface area contributed by atoms with Gasteiger partial charge in [-0.25, -0.2) is 0 Å². The summed E-state index contributed by atoms with van der Waals surface area (Å²) in [6, 6.07) is 8.84. The van der Waals surface area contributed by atoms with Crippen LogP contribution in [0.5, 0.6) is 0 Å². The zero-order chi connectivity index (χ0) is 41.5. The van der Waals surface area contributed by atoms with Gasteiger partial charge in [-0.2, -0.15) is 0 Å². The molecule has 11 rings (SSSR count). The van der Waals surface area contributed by atoms with Crippen molar-refractivity contribution in [3.8, 4) is 0 Å². The number of nitrogens with zero attached hydrogens (tertiary/aromatic N) is 4. The molecule has 0 radical (unpaired) electrons. The summed E-state index contributed by atoms with van der Waals surface area (Å²) in [5.41, 5.74) is 14.4. The number of hydrogen-bond acceptors (Lipinski definition) is 10. The molecule has 3 fully saturated rings. The van der Waals surface area contributed by atoms with Gasteiger partial charge in [0.15, 0.2) is 0 Å². The van der Waals surface area contributed by atoms with Gasteiger partial charge in [0.05, 0.1) is 24.2 Å². The predicted molar refractivity (Wildman–Crippen MR) is 216 cm³/mol. The number of rotatable bonds is 4. The number of hydrogen-bond donors (Lipinski definition) is 2. The minimum atomic E-state index is -0.889. The van der Waals surface area contributed by atoms with E-state index in [2.05, 4.69) is 0 Å². The predicted octanol–water partition coefficient (Wildman–Crippen LogP) is 4.93. The average Bonchev–Trinajstić information content (AvgIpc) is 3.25. The summed E-state index contributed by atoms with van der Waals surface area (Å²) in [6.07, 6.45) is 7.99. The van der Waals surface area contributed by atoms with Crippen LogP contribution in [0.25, 0.3) is 21.5 Å². The molecule has 14 nitrogen and oxygen atoms in total. The van der Waals surface area contributed by atoms with Gasteiger partial charge in [0, 0.05) is 78.1 Å². The molecule has 4 heterocycles. The van der Waals surface area contributed by atoms with Gasteiger partial charge in [-0.05, 0) is 87.1 Å². The molecular weight excluding hydrogens is 765 g/mol. The van der Waals surface area contributed by atoms with Gasteiger partial charge < -0.3 is 11.5 Å². The van der Waals surface area contributed by atoms with Gasteiger partial charge >= 0.3 is 0 Å². The Morgan fingerprint density at radius 3 is 0.700 bits per heavy atom. The molecule has 304 valence electrons. The van der Waals surface area contributed by atoms with Gasteiger partial charge in [0.25, 0.3) is 47.3 Å². The van der Waals surface area contributed by atoms with Crippen LogP contribution in [0.1, 0.15) is 160 Å². The van der Waals surface area contributed by atoms with E-state index in [1.165, 1.54) is 58.3 Å². The average molecular weight is 807 g/mol. The molecule has 4 N–H and O–H groups in total. The second-order valence-corrected chi connectivity index (χ2v) is 17.5. The standard InChI is InChI=1S/C46H42N6O8/c47-29-7-1-3-9-31(29)49-39(53)21-13-17-25-37-26(18-14-22(35(21)37)40(49)54)44(58)51(43(25)57)33-11-5-6-12-34(33)52-45(59)27-19-15-23-36-24(16-20-28(38(27)36)46(52)60)42(56)50(41(23)55)32-10-4-2-8-30(32)48/h13-20,29-34H,1-12,47-48H2/t29-,30-,31-,32?,33?,34-/m1/s1. The molecule has 0 aromatic heterocycles. The Balaban J connectivity index is 0.949. The fourth-order valence-electron chi connectivity index (χ4n) is 11.6. The first-order valence-corrected chi connectivity index (χ1v) is 21.2. The third-order valence-corrected chi connectivity index (χ3v) is 14.5. The van der Waals surface area contributed by atoms with E-state index in [0.29, 0.717) is 51.4 Å². The van der Waals surface area contributed by atoms with E-state index in [1.807, 2.05) is 0 Å². The van der Waals surface area contributed by atoms with Crippen LogP contribution < -0.4 is 11.5 Å². The van der Waals surface area contributed by atoms with E-state index >= 15 is 0 Å². The van der Waals surface area contributed by atoms with Crippen molar-refractivity contribution in [1.29, 1.82) is 0 Å². The first-order valence-electron chi connectivity index (χ1n) is 21.2. The van der Waals surface area contributed by atoms with Gasteiger partial charge in [0.2, 0.25) is 0 Å². The molecule has 60 heavy (non-hydrogen) atoms. The van der Waals surface area contributed by atoms with Crippen LogP contribution in [-0.4, -0.2) is 103 Å². The maximum atomic E-state index is 14.7. The van der Waals surface area contributed by atoms with Crippen LogP contribution in [0.2, 0.25) is 0 Å². The molecule has 7 aliphatic rings. The lowest BCUT2D eigenvalue weighted by Crippen LogP contribution is -2.61. The highest BCUT2D eigenvalue weighted by atomic mass is 16.2.